The second-order valence-electron chi connectivity index (χ2n) is 4.99. The predicted molar refractivity (Wildman–Crippen MR) is 110 cm³/mol. The summed E-state index contributed by atoms with van der Waals surface area (Å²) in [5, 5.41) is 16.0. The molecule has 0 amide bonds. The molecule has 0 aliphatic carbocycles. The van der Waals surface area contributed by atoms with E-state index in [4.69, 9.17) is 16.9 Å². The van der Waals surface area contributed by atoms with Crippen molar-refractivity contribution in [3.8, 4) is 6.07 Å². The number of hydrogen-bond acceptors (Lipinski definition) is 2. The number of rotatable bonds is 5. The molecule has 2 rings (SSSR count). The monoisotopic (exact) mass is 454 g/mol. The van der Waals surface area contributed by atoms with Crippen LogP contribution in [0.15, 0.2) is 53.5 Å². The first-order valence-corrected chi connectivity index (χ1v) is 7.84. The predicted octanol–water partition coefficient (Wildman–Crippen LogP) is 4.08. The average molecular weight is 455 g/mol. The van der Waals surface area contributed by atoms with Gasteiger partial charge in [0.25, 0.3) is 0 Å². The van der Waals surface area contributed by atoms with Crippen molar-refractivity contribution < 1.29 is 0 Å². The van der Waals surface area contributed by atoms with Crippen LogP contribution in [-0.4, -0.2) is 12.5 Å². The van der Waals surface area contributed by atoms with Gasteiger partial charge in [-0.2, -0.15) is 5.26 Å². The van der Waals surface area contributed by atoms with Gasteiger partial charge in [-0.05, 0) is 42.3 Å². The van der Waals surface area contributed by atoms with E-state index in [1.807, 2.05) is 55.5 Å². The molecule has 0 spiro atoms. The summed E-state index contributed by atoms with van der Waals surface area (Å²) in [5.74, 6) is 0.747. The Morgan fingerprint density at radius 3 is 2.50 bits per heavy atom. The molecule has 24 heavy (non-hydrogen) atoms. The molecule has 0 radical (unpaired) electrons. The second kappa shape index (κ2) is 10.9. The van der Waals surface area contributed by atoms with E-state index in [0.717, 1.165) is 23.6 Å². The molecule has 0 saturated heterocycles. The molecule has 0 aromatic heterocycles. The lowest BCUT2D eigenvalue weighted by molar-refractivity contribution is 0.816. The number of guanidine groups is 1. The van der Waals surface area contributed by atoms with Gasteiger partial charge in [-0.3, -0.25) is 0 Å². The smallest absolute Gasteiger partial charge is 0.191 e. The quantitative estimate of drug-likeness (QED) is 0.406. The average Bonchev–Trinajstić information content (AvgIpc) is 2.58. The van der Waals surface area contributed by atoms with Gasteiger partial charge in [-0.1, -0.05) is 35.9 Å². The van der Waals surface area contributed by atoms with Gasteiger partial charge < -0.3 is 10.6 Å². The summed E-state index contributed by atoms with van der Waals surface area (Å²) in [6, 6.07) is 17.3. The molecular weight excluding hydrogens is 435 g/mol. The van der Waals surface area contributed by atoms with Crippen molar-refractivity contribution in [1.29, 1.82) is 5.26 Å². The minimum absolute atomic E-state index is 0. The Labute approximate surface area is 165 Å². The molecule has 0 fully saturated rings. The van der Waals surface area contributed by atoms with E-state index in [9.17, 15) is 0 Å². The standard InChI is InChI=1S/C18H19ClN4.HI/c1-2-21-18(23-13-16-4-3-5-17(19)10-16)22-12-15-8-6-14(11-20)7-9-15;/h3-10H,2,12-13H2,1H3,(H2,21,22,23);1H. The Bertz CT molecular complexity index is 708. The maximum Gasteiger partial charge on any atom is 0.191 e. The first kappa shape index (κ1) is 20.3. The molecule has 0 heterocycles. The van der Waals surface area contributed by atoms with Gasteiger partial charge in [0.15, 0.2) is 5.96 Å². The van der Waals surface area contributed by atoms with Gasteiger partial charge >= 0.3 is 0 Å². The van der Waals surface area contributed by atoms with Crippen LogP contribution >= 0.6 is 35.6 Å². The van der Waals surface area contributed by atoms with Crippen LogP contribution in [0.4, 0.5) is 0 Å². The number of aliphatic imine (C=N–C) groups is 1. The van der Waals surface area contributed by atoms with Crippen molar-refractivity contribution in [1.82, 2.24) is 10.6 Å². The molecular formula is C18H20ClIN4. The van der Waals surface area contributed by atoms with Crippen molar-refractivity contribution in [3.05, 3.63) is 70.2 Å². The molecule has 0 atom stereocenters. The topological polar surface area (TPSA) is 60.2 Å². The lowest BCUT2D eigenvalue weighted by Gasteiger charge is -2.11. The molecule has 0 bridgehead atoms. The summed E-state index contributed by atoms with van der Waals surface area (Å²) in [6.45, 7) is 4.02. The van der Waals surface area contributed by atoms with Gasteiger partial charge in [0.2, 0.25) is 0 Å². The number of hydrogen-bond donors (Lipinski definition) is 2. The van der Waals surface area contributed by atoms with Gasteiger partial charge in [-0.25, -0.2) is 4.99 Å². The molecule has 6 heteroatoms. The van der Waals surface area contributed by atoms with Crippen LogP contribution in [-0.2, 0) is 13.1 Å². The Balaban J connectivity index is 0.00000288. The van der Waals surface area contributed by atoms with Crippen LogP contribution < -0.4 is 10.6 Å². The highest BCUT2D eigenvalue weighted by molar-refractivity contribution is 14.0. The lowest BCUT2D eigenvalue weighted by atomic mass is 10.1. The highest BCUT2D eigenvalue weighted by atomic mass is 127. The lowest BCUT2D eigenvalue weighted by Crippen LogP contribution is -2.36. The van der Waals surface area contributed by atoms with Gasteiger partial charge in [0.1, 0.15) is 0 Å². The SMILES string of the molecule is CCNC(=NCc1cccc(Cl)c1)NCc1ccc(C#N)cc1.I. The molecule has 0 aliphatic heterocycles. The van der Waals surface area contributed by atoms with E-state index in [0.29, 0.717) is 23.7 Å². The van der Waals surface area contributed by atoms with Crippen LogP contribution in [0.2, 0.25) is 5.02 Å². The first-order valence-electron chi connectivity index (χ1n) is 7.47. The normalized spacial score (nSPS) is 10.5. The zero-order valence-electron chi connectivity index (χ0n) is 13.4. The zero-order valence-corrected chi connectivity index (χ0v) is 16.5. The Morgan fingerprint density at radius 1 is 1.12 bits per heavy atom. The van der Waals surface area contributed by atoms with Crippen molar-refractivity contribution >= 4 is 41.5 Å². The molecule has 2 aromatic rings. The number of nitrogens with zero attached hydrogens (tertiary/aromatic N) is 2. The molecule has 0 saturated carbocycles. The van der Waals surface area contributed by atoms with Crippen molar-refractivity contribution in [3.63, 3.8) is 0 Å². The highest BCUT2D eigenvalue weighted by Crippen LogP contribution is 2.11. The van der Waals surface area contributed by atoms with Crippen molar-refractivity contribution in [2.24, 2.45) is 4.99 Å². The summed E-state index contributed by atoms with van der Waals surface area (Å²) in [7, 11) is 0. The van der Waals surface area contributed by atoms with E-state index < -0.39 is 0 Å². The minimum atomic E-state index is 0. The second-order valence-corrected chi connectivity index (χ2v) is 5.42. The summed E-state index contributed by atoms with van der Waals surface area (Å²) in [5.41, 5.74) is 2.82. The van der Waals surface area contributed by atoms with E-state index in [2.05, 4.69) is 21.7 Å². The minimum Gasteiger partial charge on any atom is -0.357 e. The van der Waals surface area contributed by atoms with E-state index in [1.54, 1.807) is 0 Å². The van der Waals surface area contributed by atoms with Gasteiger partial charge in [0, 0.05) is 18.1 Å². The maximum absolute atomic E-state index is 8.81. The Morgan fingerprint density at radius 2 is 1.88 bits per heavy atom. The van der Waals surface area contributed by atoms with E-state index in [-0.39, 0.29) is 24.0 Å². The van der Waals surface area contributed by atoms with Crippen molar-refractivity contribution in [2.75, 3.05) is 6.54 Å². The fourth-order valence-corrected chi connectivity index (χ4v) is 2.24. The first-order chi connectivity index (χ1) is 11.2. The largest absolute Gasteiger partial charge is 0.357 e. The third-order valence-electron chi connectivity index (χ3n) is 3.20. The third kappa shape index (κ3) is 6.77. The zero-order chi connectivity index (χ0) is 16.5. The van der Waals surface area contributed by atoms with Gasteiger partial charge in [0.05, 0.1) is 18.2 Å². The van der Waals surface area contributed by atoms with Crippen LogP contribution in [0.1, 0.15) is 23.6 Å². The Kier molecular flexibility index (Phi) is 9.20. The molecule has 0 aliphatic rings. The molecule has 4 nitrogen and oxygen atoms in total. The fraction of sp³-hybridized carbons (Fsp3) is 0.222. The van der Waals surface area contributed by atoms with E-state index >= 15 is 0 Å². The van der Waals surface area contributed by atoms with Crippen LogP contribution in [0.3, 0.4) is 0 Å². The van der Waals surface area contributed by atoms with Crippen LogP contribution in [0.5, 0.6) is 0 Å². The fourth-order valence-electron chi connectivity index (χ4n) is 2.03. The number of benzene rings is 2. The third-order valence-corrected chi connectivity index (χ3v) is 3.43. The maximum atomic E-state index is 8.81. The molecule has 2 aromatic carbocycles. The highest BCUT2D eigenvalue weighted by Gasteiger charge is 2.00. The van der Waals surface area contributed by atoms with E-state index in [1.165, 1.54) is 0 Å². The number of nitriles is 1. The van der Waals surface area contributed by atoms with Crippen LogP contribution in [0.25, 0.3) is 0 Å². The summed E-state index contributed by atoms with van der Waals surface area (Å²) >= 11 is 5.98. The number of halogens is 2. The number of nitrogens with one attached hydrogen (secondary N) is 2. The van der Waals surface area contributed by atoms with Crippen molar-refractivity contribution in [2.45, 2.75) is 20.0 Å². The Hall–Kier alpha value is -1.78. The van der Waals surface area contributed by atoms with Gasteiger partial charge in [-0.15, -0.1) is 24.0 Å². The van der Waals surface area contributed by atoms with Crippen LogP contribution in [0, 0.1) is 11.3 Å². The summed E-state index contributed by atoms with van der Waals surface area (Å²) in [4.78, 5) is 4.56. The molecule has 126 valence electrons. The summed E-state index contributed by atoms with van der Waals surface area (Å²) in [6.07, 6.45) is 0. The molecule has 2 N–H and O–H groups in total. The summed E-state index contributed by atoms with van der Waals surface area (Å²) < 4.78 is 0. The molecule has 0 unspecified atom stereocenters.